The van der Waals surface area contributed by atoms with Crippen molar-refractivity contribution >= 4 is 54.0 Å². The molecular formula is C16H13Br2NS. The highest BCUT2D eigenvalue weighted by Gasteiger charge is 2.15. The van der Waals surface area contributed by atoms with E-state index in [4.69, 9.17) is 5.73 Å². The lowest BCUT2D eigenvalue weighted by molar-refractivity contribution is 0.891. The summed E-state index contributed by atoms with van der Waals surface area (Å²) in [6, 6.07) is 14.7. The minimum absolute atomic E-state index is 0.0869. The lowest BCUT2D eigenvalue weighted by atomic mass is 10.0. The molecule has 3 aromatic rings. The summed E-state index contributed by atoms with van der Waals surface area (Å²) in [5, 5.41) is 2.43. The van der Waals surface area contributed by atoms with Crippen molar-refractivity contribution in [1.29, 1.82) is 0 Å². The number of nitrogens with two attached hydrogens (primary N) is 1. The van der Waals surface area contributed by atoms with E-state index in [0.29, 0.717) is 0 Å². The van der Waals surface area contributed by atoms with E-state index >= 15 is 0 Å². The van der Waals surface area contributed by atoms with Crippen LogP contribution in [0.25, 0.3) is 10.8 Å². The van der Waals surface area contributed by atoms with Gasteiger partial charge in [-0.25, -0.2) is 0 Å². The first-order chi connectivity index (χ1) is 9.54. The molecule has 0 spiro atoms. The van der Waals surface area contributed by atoms with Gasteiger partial charge in [0.25, 0.3) is 0 Å². The van der Waals surface area contributed by atoms with Gasteiger partial charge in [0.1, 0.15) is 0 Å². The Hall–Kier alpha value is -0.680. The van der Waals surface area contributed by atoms with Gasteiger partial charge in [0.2, 0.25) is 0 Å². The fourth-order valence-corrected chi connectivity index (χ4v) is 4.60. The average Bonchev–Trinajstić information content (AvgIpc) is 2.76. The summed E-state index contributed by atoms with van der Waals surface area (Å²) in [4.78, 5) is 2.45. The van der Waals surface area contributed by atoms with Crippen LogP contribution in [0.5, 0.6) is 0 Å². The molecule has 3 rings (SSSR count). The Bertz CT molecular complexity index is 779. The highest BCUT2D eigenvalue weighted by molar-refractivity contribution is 9.10. The third-order valence-electron chi connectivity index (χ3n) is 3.30. The molecule has 4 heteroatoms. The molecule has 0 saturated carbocycles. The van der Waals surface area contributed by atoms with E-state index in [2.05, 4.69) is 81.2 Å². The number of hydrogen-bond acceptors (Lipinski definition) is 2. The molecule has 0 bridgehead atoms. The zero-order valence-corrected chi connectivity index (χ0v) is 14.8. The van der Waals surface area contributed by atoms with E-state index in [9.17, 15) is 0 Å². The van der Waals surface area contributed by atoms with Crippen LogP contribution in [0.3, 0.4) is 0 Å². The molecule has 102 valence electrons. The fourth-order valence-electron chi connectivity index (χ4n) is 2.29. The van der Waals surface area contributed by atoms with E-state index in [1.807, 2.05) is 0 Å². The van der Waals surface area contributed by atoms with Crippen LogP contribution >= 0.6 is 43.2 Å². The van der Waals surface area contributed by atoms with Crippen molar-refractivity contribution in [3.63, 3.8) is 0 Å². The molecule has 1 heterocycles. The number of benzene rings is 2. The maximum absolute atomic E-state index is 6.42. The Balaban J connectivity index is 2.05. The predicted octanol–water partition coefficient (Wildman–Crippen LogP) is 5.78. The minimum atomic E-state index is -0.0869. The molecule has 0 radical (unpaired) electrons. The van der Waals surface area contributed by atoms with Gasteiger partial charge in [-0.2, -0.15) is 0 Å². The first-order valence-electron chi connectivity index (χ1n) is 6.25. The number of aryl methyl sites for hydroxylation is 1. The van der Waals surface area contributed by atoms with Crippen molar-refractivity contribution in [2.75, 3.05) is 0 Å². The zero-order valence-electron chi connectivity index (χ0n) is 10.9. The molecule has 0 aliphatic carbocycles. The summed E-state index contributed by atoms with van der Waals surface area (Å²) >= 11 is 8.84. The van der Waals surface area contributed by atoms with Gasteiger partial charge in [-0.05, 0) is 63.5 Å². The smallest absolute Gasteiger partial charge is 0.0657 e. The second-order valence-electron chi connectivity index (χ2n) is 4.80. The molecule has 1 nitrogen and oxygen atoms in total. The Labute approximate surface area is 139 Å². The molecule has 0 amide bonds. The zero-order chi connectivity index (χ0) is 14.3. The van der Waals surface area contributed by atoms with Crippen LogP contribution in [0.1, 0.15) is 21.4 Å². The average molecular weight is 411 g/mol. The lowest BCUT2D eigenvalue weighted by Crippen LogP contribution is -2.10. The third kappa shape index (κ3) is 2.70. The van der Waals surface area contributed by atoms with E-state index in [1.54, 1.807) is 11.3 Å². The monoisotopic (exact) mass is 409 g/mol. The van der Waals surface area contributed by atoms with E-state index < -0.39 is 0 Å². The summed E-state index contributed by atoms with van der Waals surface area (Å²) in [5.74, 6) is 0. The van der Waals surface area contributed by atoms with Gasteiger partial charge >= 0.3 is 0 Å². The van der Waals surface area contributed by atoms with Crippen molar-refractivity contribution < 1.29 is 0 Å². The second kappa shape index (κ2) is 5.60. The largest absolute Gasteiger partial charge is 0.320 e. The van der Waals surface area contributed by atoms with E-state index in [-0.39, 0.29) is 6.04 Å². The van der Waals surface area contributed by atoms with E-state index in [1.165, 1.54) is 20.5 Å². The van der Waals surface area contributed by atoms with E-state index in [0.717, 1.165) is 14.5 Å². The quantitative estimate of drug-likeness (QED) is 0.568. The van der Waals surface area contributed by atoms with Crippen molar-refractivity contribution in [1.82, 2.24) is 0 Å². The van der Waals surface area contributed by atoms with Gasteiger partial charge < -0.3 is 5.73 Å². The molecule has 1 aromatic heterocycles. The van der Waals surface area contributed by atoms with Crippen LogP contribution in [-0.2, 0) is 0 Å². The SMILES string of the molecule is Cc1cc(Br)c(C(N)c2ccc3cc(Br)ccc3c2)s1. The van der Waals surface area contributed by atoms with Crippen LogP contribution < -0.4 is 5.73 Å². The minimum Gasteiger partial charge on any atom is -0.320 e. The molecule has 0 saturated heterocycles. The summed E-state index contributed by atoms with van der Waals surface area (Å²) in [6.45, 7) is 2.10. The van der Waals surface area contributed by atoms with Crippen molar-refractivity contribution in [2.45, 2.75) is 13.0 Å². The molecular weight excluding hydrogens is 398 g/mol. The van der Waals surface area contributed by atoms with Crippen molar-refractivity contribution in [3.05, 3.63) is 66.7 Å². The van der Waals surface area contributed by atoms with Gasteiger partial charge in [0.15, 0.2) is 0 Å². The number of rotatable bonds is 2. The topological polar surface area (TPSA) is 26.0 Å². The third-order valence-corrected chi connectivity index (χ3v) is 5.85. The summed E-state index contributed by atoms with van der Waals surface area (Å²) in [5.41, 5.74) is 7.56. The maximum atomic E-state index is 6.42. The Morgan fingerprint density at radius 1 is 1.00 bits per heavy atom. The highest BCUT2D eigenvalue weighted by Crippen LogP contribution is 2.35. The van der Waals surface area contributed by atoms with Gasteiger partial charge in [-0.15, -0.1) is 11.3 Å². The van der Waals surface area contributed by atoms with Crippen LogP contribution in [-0.4, -0.2) is 0 Å². The Morgan fingerprint density at radius 2 is 1.70 bits per heavy atom. The second-order valence-corrected chi connectivity index (χ2v) is 7.86. The number of hydrogen-bond donors (Lipinski definition) is 1. The van der Waals surface area contributed by atoms with Crippen molar-refractivity contribution in [2.24, 2.45) is 5.73 Å². The van der Waals surface area contributed by atoms with Crippen LogP contribution in [0.4, 0.5) is 0 Å². The number of fused-ring (bicyclic) bond motifs is 1. The Morgan fingerprint density at radius 3 is 2.40 bits per heavy atom. The predicted molar refractivity (Wildman–Crippen MR) is 94.4 cm³/mol. The van der Waals surface area contributed by atoms with Crippen molar-refractivity contribution in [3.8, 4) is 0 Å². The van der Waals surface area contributed by atoms with Crippen LogP contribution in [0, 0.1) is 6.92 Å². The number of thiophene rings is 1. The highest BCUT2D eigenvalue weighted by atomic mass is 79.9. The van der Waals surface area contributed by atoms with Gasteiger partial charge in [-0.3, -0.25) is 0 Å². The molecule has 2 N–H and O–H groups in total. The normalized spacial score (nSPS) is 12.8. The molecule has 2 aromatic carbocycles. The lowest BCUT2D eigenvalue weighted by Gasteiger charge is -2.12. The van der Waals surface area contributed by atoms with Crippen LogP contribution in [0.15, 0.2) is 51.4 Å². The number of halogens is 2. The molecule has 0 aliphatic rings. The summed E-state index contributed by atoms with van der Waals surface area (Å²) in [6.07, 6.45) is 0. The maximum Gasteiger partial charge on any atom is 0.0657 e. The molecule has 1 unspecified atom stereocenters. The molecule has 20 heavy (non-hydrogen) atoms. The Kier molecular flexibility index (Phi) is 4.00. The fraction of sp³-hybridized carbons (Fsp3) is 0.125. The molecule has 0 fully saturated rings. The molecule has 0 aliphatic heterocycles. The standard InChI is InChI=1S/C16H13Br2NS/c1-9-6-14(18)16(20-9)15(19)12-3-2-11-8-13(17)5-4-10(11)7-12/h2-8,15H,19H2,1H3. The van der Waals surface area contributed by atoms with Crippen LogP contribution in [0.2, 0.25) is 0 Å². The summed E-state index contributed by atoms with van der Waals surface area (Å²) < 4.78 is 2.20. The van der Waals surface area contributed by atoms with Gasteiger partial charge in [0, 0.05) is 18.7 Å². The first-order valence-corrected chi connectivity index (χ1v) is 8.65. The van der Waals surface area contributed by atoms with Gasteiger partial charge in [0.05, 0.1) is 6.04 Å². The molecule has 1 atom stereocenters. The summed E-state index contributed by atoms with van der Waals surface area (Å²) in [7, 11) is 0. The first kappa shape index (κ1) is 14.3. The van der Waals surface area contributed by atoms with Gasteiger partial charge in [-0.1, -0.05) is 34.1 Å².